The number of para-hydroxylation sites is 2. The predicted molar refractivity (Wildman–Crippen MR) is 90.6 cm³/mol. The maximum absolute atomic E-state index is 12.9. The lowest BCUT2D eigenvalue weighted by Gasteiger charge is -2.46. The van der Waals surface area contributed by atoms with E-state index < -0.39 is 0 Å². The van der Waals surface area contributed by atoms with Gasteiger partial charge in [0.15, 0.2) is 0 Å². The van der Waals surface area contributed by atoms with E-state index in [0.717, 1.165) is 35.4 Å². The van der Waals surface area contributed by atoms with E-state index in [4.69, 9.17) is 0 Å². The highest BCUT2D eigenvalue weighted by molar-refractivity contribution is 6.02. The highest BCUT2D eigenvalue weighted by Gasteiger charge is 2.41. The Morgan fingerprint density at radius 3 is 2.78 bits per heavy atom. The summed E-state index contributed by atoms with van der Waals surface area (Å²) in [4.78, 5) is 20.7. The molecule has 0 radical (unpaired) electrons. The second kappa shape index (κ2) is 4.38. The summed E-state index contributed by atoms with van der Waals surface area (Å²) in [5.74, 6) is 0.132. The molecule has 1 atom stereocenters. The Bertz CT molecular complexity index is 943. The summed E-state index contributed by atoms with van der Waals surface area (Å²) in [6, 6.07) is 16.3. The third kappa shape index (κ3) is 1.58. The fourth-order valence-electron chi connectivity index (χ4n) is 4.08. The van der Waals surface area contributed by atoms with E-state index in [2.05, 4.69) is 35.1 Å². The maximum Gasteiger partial charge on any atom is 0.257 e. The number of nitrogens with zero attached hydrogens (tertiary/aromatic N) is 2. The summed E-state index contributed by atoms with van der Waals surface area (Å²) in [7, 11) is 2.07. The van der Waals surface area contributed by atoms with E-state index in [9.17, 15) is 4.79 Å². The standard InChI is InChI=1S/C19H17N3O/c1-21-16-9-5-3-7-14(16)19(23)22-11-10-13-12-6-2-4-8-15(12)20-17(13)18(21)22/h2-9,18,20H,10-11H2,1H3/t18-/m0/s1. The Labute approximate surface area is 134 Å². The smallest absolute Gasteiger partial charge is 0.257 e. The van der Waals surface area contributed by atoms with Gasteiger partial charge in [-0.15, -0.1) is 0 Å². The Morgan fingerprint density at radius 1 is 1.09 bits per heavy atom. The lowest BCUT2D eigenvalue weighted by molar-refractivity contribution is 0.0634. The number of carbonyl (C=O) groups excluding carboxylic acids is 1. The largest absolute Gasteiger partial charge is 0.355 e. The van der Waals surface area contributed by atoms with Gasteiger partial charge in [-0.05, 0) is 30.2 Å². The Hall–Kier alpha value is -2.75. The average molecular weight is 303 g/mol. The van der Waals surface area contributed by atoms with Crippen LogP contribution in [0.25, 0.3) is 10.9 Å². The molecule has 1 N–H and O–H groups in total. The van der Waals surface area contributed by atoms with Crippen LogP contribution < -0.4 is 4.90 Å². The normalized spacial score (nSPS) is 19.5. The molecular formula is C19H17N3O. The number of aromatic amines is 1. The second-order valence-electron chi connectivity index (χ2n) is 6.31. The first-order valence-corrected chi connectivity index (χ1v) is 7.98. The number of nitrogens with one attached hydrogen (secondary N) is 1. The minimum absolute atomic E-state index is 0.0476. The number of benzene rings is 2. The van der Waals surface area contributed by atoms with Crippen molar-refractivity contribution >= 4 is 22.5 Å². The van der Waals surface area contributed by atoms with Crippen molar-refractivity contribution in [2.45, 2.75) is 12.6 Å². The molecule has 0 unspecified atom stereocenters. The summed E-state index contributed by atoms with van der Waals surface area (Å²) in [5.41, 5.74) is 5.46. The van der Waals surface area contributed by atoms with Gasteiger partial charge in [0.25, 0.3) is 5.91 Å². The number of carbonyl (C=O) groups is 1. The van der Waals surface area contributed by atoms with Gasteiger partial charge in [-0.2, -0.15) is 0 Å². The van der Waals surface area contributed by atoms with Crippen molar-refractivity contribution in [3.63, 3.8) is 0 Å². The zero-order valence-electron chi connectivity index (χ0n) is 12.9. The molecule has 0 saturated carbocycles. The first-order chi connectivity index (χ1) is 11.3. The summed E-state index contributed by atoms with van der Waals surface area (Å²) < 4.78 is 0. The fraction of sp³-hybridized carbons (Fsp3) is 0.211. The van der Waals surface area contributed by atoms with Crippen LogP contribution >= 0.6 is 0 Å². The molecule has 0 aliphatic carbocycles. The van der Waals surface area contributed by atoms with E-state index in [0.29, 0.717) is 0 Å². The van der Waals surface area contributed by atoms with E-state index >= 15 is 0 Å². The molecule has 4 nitrogen and oxygen atoms in total. The number of fused-ring (bicyclic) bond motifs is 6. The molecule has 3 heterocycles. The van der Waals surface area contributed by atoms with E-state index in [-0.39, 0.29) is 12.1 Å². The van der Waals surface area contributed by atoms with Gasteiger partial charge in [0.2, 0.25) is 0 Å². The van der Waals surface area contributed by atoms with Gasteiger partial charge in [-0.25, -0.2) is 0 Å². The Kier molecular flexibility index (Phi) is 2.43. The third-order valence-electron chi connectivity index (χ3n) is 5.14. The predicted octanol–water partition coefficient (Wildman–Crippen LogP) is 3.31. The first-order valence-electron chi connectivity index (χ1n) is 7.98. The molecule has 23 heavy (non-hydrogen) atoms. The number of amides is 1. The number of hydrogen-bond donors (Lipinski definition) is 1. The van der Waals surface area contributed by atoms with Crippen LogP contribution in [-0.2, 0) is 6.42 Å². The number of rotatable bonds is 0. The molecule has 5 rings (SSSR count). The molecule has 1 aromatic heterocycles. The fourth-order valence-corrected chi connectivity index (χ4v) is 4.08. The molecule has 4 heteroatoms. The van der Waals surface area contributed by atoms with Crippen LogP contribution in [0.2, 0.25) is 0 Å². The molecular weight excluding hydrogens is 286 g/mol. The molecule has 2 aliphatic rings. The van der Waals surface area contributed by atoms with Crippen molar-refractivity contribution in [1.29, 1.82) is 0 Å². The van der Waals surface area contributed by atoms with Crippen molar-refractivity contribution in [2.24, 2.45) is 0 Å². The van der Waals surface area contributed by atoms with E-state index in [1.807, 2.05) is 35.2 Å². The molecule has 1 amide bonds. The Balaban J connectivity index is 1.75. The van der Waals surface area contributed by atoms with Gasteiger partial charge >= 0.3 is 0 Å². The van der Waals surface area contributed by atoms with Crippen LogP contribution in [0.3, 0.4) is 0 Å². The first kappa shape index (κ1) is 12.8. The quantitative estimate of drug-likeness (QED) is 0.692. The molecule has 2 aliphatic heterocycles. The van der Waals surface area contributed by atoms with Gasteiger partial charge in [0.05, 0.1) is 16.9 Å². The van der Waals surface area contributed by atoms with Crippen LogP contribution in [0.15, 0.2) is 48.5 Å². The zero-order chi connectivity index (χ0) is 15.6. The molecule has 2 aromatic carbocycles. The van der Waals surface area contributed by atoms with Crippen molar-refractivity contribution < 1.29 is 4.79 Å². The van der Waals surface area contributed by atoms with Gasteiger partial charge in [-0.3, -0.25) is 4.79 Å². The average Bonchev–Trinajstić information content (AvgIpc) is 2.98. The van der Waals surface area contributed by atoms with Crippen molar-refractivity contribution in [3.8, 4) is 0 Å². The topological polar surface area (TPSA) is 39.3 Å². The molecule has 3 aromatic rings. The summed E-state index contributed by atoms with van der Waals surface area (Å²) in [6.07, 6.45) is 0.853. The van der Waals surface area contributed by atoms with Crippen LogP contribution in [0.1, 0.15) is 27.8 Å². The molecule has 0 bridgehead atoms. The van der Waals surface area contributed by atoms with Gasteiger partial charge in [-0.1, -0.05) is 30.3 Å². The van der Waals surface area contributed by atoms with E-state index in [1.165, 1.54) is 10.9 Å². The Morgan fingerprint density at radius 2 is 1.87 bits per heavy atom. The number of aromatic nitrogens is 1. The van der Waals surface area contributed by atoms with Crippen molar-refractivity contribution in [3.05, 3.63) is 65.4 Å². The van der Waals surface area contributed by atoms with Crippen LogP contribution in [0, 0.1) is 0 Å². The van der Waals surface area contributed by atoms with Gasteiger partial charge < -0.3 is 14.8 Å². The molecule has 0 spiro atoms. The van der Waals surface area contributed by atoms with Crippen molar-refractivity contribution in [2.75, 3.05) is 18.5 Å². The third-order valence-corrected chi connectivity index (χ3v) is 5.14. The highest BCUT2D eigenvalue weighted by atomic mass is 16.2. The number of anilines is 1. The lowest BCUT2D eigenvalue weighted by atomic mass is 9.96. The number of H-pyrrole nitrogens is 1. The molecule has 114 valence electrons. The van der Waals surface area contributed by atoms with Crippen molar-refractivity contribution in [1.82, 2.24) is 9.88 Å². The van der Waals surface area contributed by atoms with Crippen LogP contribution in [0.4, 0.5) is 5.69 Å². The summed E-state index contributed by atoms with van der Waals surface area (Å²) >= 11 is 0. The minimum Gasteiger partial charge on any atom is -0.355 e. The monoisotopic (exact) mass is 303 g/mol. The van der Waals surface area contributed by atoms with Gasteiger partial charge in [0, 0.05) is 24.5 Å². The molecule has 0 fully saturated rings. The van der Waals surface area contributed by atoms with Crippen LogP contribution in [0.5, 0.6) is 0 Å². The highest BCUT2D eigenvalue weighted by Crippen LogP contribution is 2.42. The zero-order valence-corrected chi connectivity index (χ0v) is 12.9. The van der Waals surface area contributed by atoms with Crippen LogP contribution in [-0.4, -0.2) is 29.4 Å². The number of hydrogen-bond acceptors (Lipinski definition) is 2. The SMILES string of the molecule is CN1c2ccccc2C(=O)N2CCc3c([nH]c4ccccc34)[C@H]21. The second-order valence-corrected chi connectivity index (χ2v) is 6.31. The van der Waals surface area contributed by atoms with Gasteiger partial charge in [0.1, 0.15) is 6.17 Å². The molecule has 0 saturated heterocycles. The maximum atomic E-state index is 12.9. The summed E-state index contributed by atoms with van der Waals surface area (Å²) in [5, 5.41) is 1.28. The minimum atomic E-state index is -0.0476. The van der Waals surface area contributed by atoms with E-state index in [1.54, 1.807) is 0 Å². The summed E-state index contributed by atoms with van der Waals surface area (Å²) in [6.45, 7) is 0.761. The lowest BCUT2D eigenvalue weighted by Crippen LogP contribution is -2.51.